The molecule has 0 bridgehead atoms. The highest BCUT2D eigenvalue weighted by Crippen LogP contribution is 2.26. The number of carbonyl (C=O) groups excluding carboxylic acids is 1. The van der Waals surface area contributed by atoms with Crippen LogP contribution < -0.4 is 0 Å². The molecule has 0 saturated carbocycles. The Labute approximate surface area is 413 Å². The van der Waals surface area contributed by atoms with Crippen LogP contribution in [0.25, 0.3) is 0 Å². The van der Waals surface area contributed by atoms with Crippen molar-refractivity contribution in [3.8, 4) is 0 Å². The molecule has 0 spiro atoms. The number of rotatable bonds is 46. The number of allylic oxidation sites excluding steroid dienone is 12. The molecule has 0 aliphatic carbocycles. The molecule has 1 aliphatic rings. The third-order valence-electron chi connectivity index (χ3n) is 11.8. The fourth-order valence-electron chi connectivity index (χ4n) is 7.81. The molecule has 6 atom stereocenters. The summed E-state index contributed by atoms with van der Waals surface area (Å²) in [5.41, 5.74) is 0. The number of unbranched alkanes of at least 4 members (excludes halogenated alkanes) is 21. The van der Waals surface area contributed by atoms with E-state index < -0.39 is 59.8 Å². The predicted molar refractivity (Wildman–Crippen MR) is 276 cm³/mol. The van der Waals surface area contributed by atoms with Crippen molar-refractivity contribution in [2.24, 2.45) is 0 Å². The van der Waals surface area contributed by atoms with Gasteiger partial charge in [-0.1, -0.05) is 189 Å². The van der Waals surface area contributed by atoms with Gasteiger partial charge in [0, 0.05) is 13.0 Å². The summed E-state index contributed by atoms with van der Waals surface area (Å²) in [6.07, 6.45) is 50.7. The molecule has 0 aromatic heterocycles. The zero-order valence-corrected chi connectivity index (χ0v) is 43.2. The highest BCUT2D eigenvalue weighted by molar-refractivity contribution is 7.80. The molecule has 13 heteroatoms. The first kappa shape index (κ1) is 63.6. The lowest BCUT2D eigenvalue weighted by molar-refractivity contribution is -0.301. The van der Waals surface area contributed by atoms with Gasteiger partial charge in [-0.3, -0.25) is 9.35 Å². The topological polar surface area (TPSA) is 178 Å². The Hall–Kier alpha value is -2.46. The molecule has 68 heavy (non-hydrogen) atoms. The number of esters is 1. The quantitative estimate of drug-likeness (QED) is 0.0197. The van der Waals surface area contributed by atoms with Crippen molar-refractivity contribution in [1.82, 2.24) is 0 Å². The third kappa shape index (κ3) is 38.3. The second-order valence-electron chi connectivity index (χ2n) is 18.1. The van der Waals surface area contributed by atoms with Gasteiger partial charge in [0.2, 0.25) is 0 Å². The molecular weight excluding hydrogens is 885 g/mol. The molecule has 1 heterocycles. The van der Waals surface area contributed by atoms with Crippen molar-refractivity contribution >= 4 is 16.4 Å². The fraction of sp³-hybridized carbons (Fsp3) is 0.764. The fourth-order valence-corrected chi connectivity index (χ4v) is 8.32. The number of aliphatic hydroxyl groups is 3. The molecule has 1 saturated heterocycles. The standard InChI is InChI=1S/C55H96O12S/c1-3-5-7-9-11-13-15-17-19-21-23-25-26-28-30-32-34-36-38-40-42-44-51(57)65-49(48-64-55-53(59)54(67-68(60,61)62)52(58)50(46-56)66-55)47-63-45-43-41-39-37-35-33-31-29-27-24-22-20-18-16-14-12-10-8-6-4-2/h5,7,11-14,17-20,23,25,49-50,52-56,58-59H,3-4,6,8-10,15-16,21-22,24,26-48H2,1-2H3,(H,60,61,62)/b7-5-,13-11-,14-12-,19-17-,20-18-,25-23-. The van der Waals surface area contributed by atoms with Crippen molar-refractivity contribution in [2.45, 2.75) is 243 Å². The zero-order valence-electron chi connectivity index (χ0n) is 42.4. The number of ether oxygens (including phenoxy) is 4. The predicted octanol–water partition coefficient (Wildman–Crippen LogP) is 12.6. The molecule has 394 valence electrons. The largest absolute Gasteiger partial charge is 0.457 e. The van der Waals surface area contributed by atoms with Crippen LogP contribution in [0.1, 0.15) is 206 Å². The van der Waals surface area contributed by atoms with Gasteiger partial charge in [-0.25, -0.2) is 4.18 Å². The maximum Gasteiger partial charge on any atom is 0.397 e. The number of hydrogen-bond acceptors (Lipinski definition) is 11. The Kier molecular flexibility index (Phi) is 42.7. The number of aliphatic hydroxyl groups excluding tert-OH is 3. The van der Waals surface area contributed by atoms with Crippen LogP contribution in [0.4, 0.5) is 0 Å². The Morgan fingerprint density at radius 2 is 1.01 bits per heavy atom. The van der Waals surface area contributed by atoms with Gasteiger partial charge >= 0.3 is 16.4 Å². The first-order valence-electron chi connectivity index (χ1n) is 26.7. The Morgan fingerprint density at radius 3 is 1.49 bits per heavy atom. The summed E-state index contributed by atoms with van der Waals surface area (Å²) in [5.74, 6) is -0.410. The maximum atomic E-state index is 12.9. The zero-order chi connectivity index (χ0) is 49.6. The van der Waals surface area contributed by atoms with E-state index in [1.807, 2.05) is 0 Å². The van der Waals surface area contributed by atoms with Crippen LogP contribution in [0.15, 0.2) is 72.9 Å². The maximum absolute atomic E-state index is 12.9. The van der Waals surface area contributed by atoms with E-state index in [1.165, 1.54) is 103 Å². The lowest BCUT2D eigenvalue weighted by atomic mass is 9.99. The van der Waals surface area contributed by atoms with Gasteiger partial charge in [0.1, 0.15) is 30.5 Å². The highest BCUT2D eigenvalue weighted by atomic mass is 32.3. The summed E-state index contributed by atoms with van der Waals surface area (Å²) in [4.78, 5) is 12.9. The molecule has 1 fully saturated rings. The molecule has 6 unspecified atom stereocenters. The second kappa shape index (κ2) is 45.7. The second-order valence-corrected chi connectivity index (χ2v) is 19.1. The van der Waals surface area contributed by atoms with Crippen molar-refractivity contribution in [3.63, 3.8) is 0 Å². The summed E-state index contributed by atoms with van der Waals surface area (Å²) in [6.45, 7) is 3.85. The van der Waals surface area contributed by atoms with E-state index in [9.17, 15) is 33.1 Å². The van der Waals surface area contributed by atoms with Crippen molar-refractivity contribution in [1.29, 1.82) is 0 Å². The monoisotopic (exact) mass is 981 g/mol. The minimum absolute atomic E-state index is 0.0276. The van der Waals surface area contributed by atoms with E-state index in [2.05, 4.69) is 90.9 Å². The minimum Gasteiger partial charge on any atom is -0.457 e. The Morgan fingerprint density at radius 1 is 0.574 bits per heavy atom. The van der Waals surface area contributed by atoms with Crippen LogP contribution in [-0.2, 0) is 38.3 Å². The van der Waals surface area contributed by atoms with Gasteiger partial charge in [-0.15, -0.1) is 0 Å². The smallest absolute Gasteiger partial charge is 0.397 e. The number of hydrogen-bond donors (Lipinski definition) is 4. The molecule has 0 radical (unpaired) electrons. The molecule has 1 aliphatic heterocycles. The molecule has 0 amide bonds. The van der Waals surface area contributed by atoms with Gasteiger partial charge in [0.05, 0.1) is 19.8 Å². The minimum atomic E-state index is -5.07. The van der Waals surface area contributed by atoms with Gasteiger partial charge < -0.3 is 34.3 Å². The van der Waals surface area contributed by atoms with Crippen molar-refractivity contribution in [3.05, 3.63) is 72.9 Å². The summed E-state index contributed by atoms with van der Waals surface area (Å²) in [6, 6.07) is 0. The lowest BCUT2D eigenvalue weighted by Gasteiger charge is -2.41. The van der Waals surface area contributed by atoms with E-state index in [-0.39, 0.29) is 19.6 Å². The average Bonchev–Trinajstić information content (AvgIpc) is 3.31. The molecule has 12 nitrogen and oxygen atoms in total. The Bertz CT molecular complexity index is 1460. The normalized spacial score (nSPS) is 19.9. The first-order valence-corrected chi connectivity index (χ1v) is 28.1. The number of carbonyl (C=O) groups is 1. The van der Waals surface area contributed by atoms with Crippen LogP contribution >= 0.6 is 0 Å². The van der Waals surface area contributed by atoms with Gasteiger partial charge in [-0.2, -0.15) is 8.42 Å². The highest BCUT2D eigenvalue weighted by Gasteiger charge is 2.48. The van der Waals surface area contributed by atoms with Gasteiger partial charge in [-0.05, 0) is 83.5 Å². The summed E-state index contributed by atoms with van der Waals surface area (Å²) < 4.78 is 59.3. The molecule has 1 rings (SSSR count). The summed E-state index contributed by atoms with van der Waals surface area (Å²) in [5, 5.41) is 30.8. The van der Waals surface area contributed by atoms with Crippen LogP contribution in [0.3, 0.4) is 0 Å². The summed E-state index contributed by atoms with van der Waals surface area (Å²) >= 11 is 0. The summed E-state index contributed by atoms with van der Waals surface area (Å²) in [7, 11) is -5.07. The van der Waals surface area contributed by atoms with E-state index in [4.69, 9.17) is 18.9 Å². The molecule has 0 aromatic carbocycles. The van der Waals surface area contributed by atoms with Crippen molar-refractivity contribution in [2.75, 3.05) is 26.4 Å². The van der Waals surface area contributed by atoms with Crippen LogP contribution in [0.2, 0.25) is 0 Å². The van der Waals surface area contributed by atoms with Crippen LogP contribution in [-0.4, -0.2) is 97.5 Å². The Balaban J connectivity index is 2.35. The van der Waals surface area contributed by atoms with Crippen LogP contribution in [0, 0.1) is 0 Å². The van der Waals surface area contributed by atoms with Gasteiger partial charge in [0.25, 0.3) is 0 Å². The molecular formula is C55H96O12S. The SMILES string of the molecule is CC/C=C\C/C=C\C/C=C\C/C=C\CCCCCCCCCCC(=O)OC(COCCCCCCCCCCCC/C=C\C/C=C\CCCCC)COC1OC(CO)C(O)C(OS(=O)(=O)O)C1O. The van der Waals surface area contributed by atoms with Crippen LogP contribution in [0.5, 0.6) is 0 Å². The van der Waals surface area contributed by atoms with Gasteiger partial charge in [0.15, 0.2) is 6.29 Å². The van der Waals surface area contributed by atoms with E-state index in [0.717, 1.165) is 77.0 Å². The third-order valence-corrected chi connectivity index (χ3v) is 12.3. The lowest BCUT2D eigenvalue weighted by Crippen LogP contribution is -2.60. The average molecular weight is 981 g/mol. The van der Waals surface area contributed by atoms with E-state index in [0.29, 0.717) is 13.0 Å². The van der Waals surface area contributed by atoms with E-state index >= 15 is 0 Å². The molecule has 4 N–H and O–H groups in total. The van der Waals surface area contributed by atoms with E-state index in [1.54, 1.807) is 0 Å². The molecule has 0 aromatic rings. The van der Waals surface area contributed by atoms with Crippen molar-refractivity contribution < 1.29 is 56.2 Å². The first-order chi connectivity index (χ1) is 33.1.